The van der Waals surface area contributed by atoms with Crippen LogP contribution >= 0.6 is 0 Å². The molecule has 2 aliphatic rings. The van der Waals surface area contributed by atoms with Crippen LogP contribution in [0.2, 0.25) is 0 Å². The summed E-state index contributed by atoms with van der Waals surface area (Å²) in [7, 11) is 0. The largest absolute Gasteiger partial charge is 0.336 e. The minimum absolute atomic E-state index is 0.118. The van der Waals surface area contributed by atoms with Gasteiger partial charge >= 0.3 is 0 Å². The Morgan fingerprint density at radius 1 is 0.958 bits per heavy atom. The average Bonchev–Trinajstić information content (AvgIpc) is 3.14. The number of benzene rings is 2. The summed E-state index contributed by atoms with van der Waals surface area (Å²) in [5, 5.41) is 0. The second-order valence-corrected chi connectivity index (χ2v) is 6.61. The first kappa shape index (κ1) is 15.4. The van der Waals surface area contributed by atoms with Crippen molar-refractivity contribution in [1.82, 2.24) is 0 Å². The van der Waals surface area contributed by atoms with Crippen LogP contribution in [0.4, 0.5) is 5.69 Å². The van der Waals surface area contributed by atoms with Gasteiger partial charge < -0.3 is 14.4 Å². The standard InChI is InChI=1S/C20H21NO3/c1-13-4-8-16(9-5-13)12-21-18-15(3)7-6-14(2)17(18)20(19(21)22)23-10-11-24-20/h4-9H,10-12H2,1-3H3. The van der Waals surface area contributed by atoms with Gasteiger partial charge in [0.25, 0.3) is 11.7 Å². The summed E-state index contributed by atoms with van der Waals surface area (Å²) < 4.78 is 11.7. The van der Waals surface area contributed by atoms with Crippen LogP contribution in [0, 0.1) is 20.8 Å². The highest BCUT2D eigenvalue weighted by Crippen LogP contribution is 2.49. The summed E-state index contributed by atoms with van der Waals surface area (Å²) in [4.78, 5) is 15.1. The lowest BCUT2D eigenvalue weighted by Gasteiger charge is -2.22. The topological polar surface area (TPSA) is 38.8 Å². The quantitative estimate of drug-likeness (QED) is 0.851. The van der Waals surface area contributed by atoms with Gasteiger partial charge in [0.05, 0.1) is 25.4 Å². The van der Waals surface area contributed by atoms with E-state index in [4.69, 9.17) is 9.47 Å². The summed E-state index contributed by atoms with van der Waals surface area (Å²) in [5.74, 6) is -1.37. The third-order valence-corrected chi connectivity index (χ3v) is 4.87. The number of carbonyl (C=O) groups excluding carboxylic acids is 1. The van der Waals surface area contributed by atoms with Gasteiger partial charge in [0.1, 0.15) is 0 Å². The third kappa shape index (κ3) is 2.10. The molecule has 4 nitrogen and oxygen atoms in total. The molecule has 0 aliphatic carbocycles. The van der Waals surface area contributed by atoms with E-state index in [0.717, 1.165) is 27.9 Å². The number of hydrogen-bond acceptors (Lipinski definition) is 3. The molecule has 2 aromatic carbocycles. The van der Waals surface area contributed by atoms with E-state index in [-0.39, 0.29) is 5.91 Å². The van der Waals surface area contributed by atoms with Crippen molar-refractivity contribution in [2.24, 2.45) is 0 Å². The van der Waals surface area contributed by atoms with Gasteiger partial charge in [0.2, 0.25) is 0 Å². The predicted octanol–water partition coefficient (Wildman–Crippen LogP) is 3.36. The Balaban J connectivity index is 1.83. The number of anilines is 1. The van der Waals surface area contributed by atoms with Crippen molar-refractivity contribution in [3.05, 3.63) is 64.2 Å². The molecule has 0 aromatic heterocycles. The molecule has 1 amide bonds. The summed E-state index contributed by atoms with van der Waals surface area (Å²) in [6, 6.07) is 12.3. The number of ether oxygens (including phenoxy) is 2. The van der Waals surface area contributed by atoms with E-state index in [9.17, 15) is 4.79 Å². The summed E-state index contributed by atoms with van der Waals surface area (Å²) in [6.45, 7) is 7.50. The van der Waals surface area contributed by atoms with E-state index in [2.05, 4.69) is 37.3 Å². The summed E-state index contributed by atoms with van der Waals surface area (Å²) in [6.07, 6.45) is 0. The van der Waals surface area contributed by atoms with Crippen molar-refractivity contribution in [2.45, 2.75) is 33.1 Å². The maximum Gasteiger partial charge on any atom is 0.292 e. The minimum Gasteiger partial charge on any atom is -0.336 e. The first-order valence-electron chi connectivity index (χ1n) is 8.29. The minimum atomic E-state index is -1.25. The van der Waals surface area contributed by atoms with Gasteiger partial charge in [-0.25, -0.2) is 0 Å². The number of aryl methyl sites for hydroxylation is 3. The van der Waals surface area contributed by atoms with Crippen LogP contribution in [0.1, 0.15) is 27.8 Å². The molecule has 0 radical (unpaired) electrons. The fourth-order valence-corrected chi connectivity index (χ4v) is 3.65. The van der Waals surface area contributed by atoms with E-state index >= 15 is 0 Å². The van der Waals surface area contributed by atoms with Gasteiger partial charge in [-0.15, -0.1) is 0 Å². The third-order valence-electron chi connectivity index (χ3n) is 4.87. The maximum absolute atomic E-state index is 13.2. The first-order chi connectivity index (χ1) is 11.5. The summed E-state index contributed by atoms with van der Waals surface area (Å²) >= 11 is 0. The van der Waals surface area contributed by atoms with Crippen molar-refractivity contribution < 1.29 is 14.3 Å². The Morgan fingerprint density at radius 2 is 1.58 bits per heavy atom. The molecule has 2 aliphatic heterocycles. The maximum atomic E-state index is 13.2. The van der Waals surface area contributed by atoms with Crippen LogP contribution < -0.4 is 4.90 Å². The Morgan fingerprint density at radius 3 is 2.25 bits per heavy atom. The van der Waals surface area contributed by atoms with E-state index in [1.165, 1.54) is 5.56 Å². The van der Waals surface area contributed by atoms with Crippen molar-refractivity contribution in [2.75, 3.05) is 18.1 Å². The van der Waals surface area contributed by atoms with Crippen molar-refractivity contribution in [1.29, 1.82) is 0 Å². The van der Waals surface area contributed by atoms with Crippen molar-refractivity contribution in [3.63, 3.8) is 0 Å². The van der Waals surface area contributed by atoms with Crippen LogP contribution in [0.15, 0.2) is 36.4 Å². The predicted molar refractivity (Wildman–Crippen MR) is 91.9 cm³/mol. The zero-order chi connectivity index (χ0) is 16.9. The number of amides is 1. The van der Waals surface area contributed by atoms with Crippen LogP contribution in [0.5, 0.6) is 0 Å². The lowest BCUT2D eigenvalue weighted by atomic mass is 9.98. The Bertz CT molecular complexity index is 804. The van der Waals surface area contributed by atoms with E-state index in [1.54, 1.807) is 0 Å². The SMILES string of the molecule is Cc1ccc(CN2C(=O)C3(OCCO3)c3c(C)ccc(C)c32)cc1. The molecule has 0 N–H and O–H groups in total. The molecular formula is C20H21NO3. The molecule has 1 saturated heterocycles. The Labute approximate surface area is 142 Å². The highest BCUT2D eigenvalue weighted by molar-refractivity contribution is 6.07. The van der Waals surface area contributed by atoms with Gasteiger partial charge in [-0.2, -0.15) is 0 Å². The molecule has 0 atom stereocenters. The average molecular weight is 323 g/mol. The molecule has 1 spiro atoms. The van der Waals surface area contributed by atoms with Gasteiger partial charge in [-0.05, 0) is 37.5 Å². The zero-order valence-corrected chi connectivity index (χ0v) is 14.3. The fraction of sp³-hybridized carbons (Fsp3) is 0.350. The monoisotopic (exact) mass is 323 g/mol. The molecule has 2 aromatic rings. The van der Waals surface area contributed by atoms with E-state index in [0.29, 0.717) is 19.8 Å². The molecule has 4 rings (SSSR count). The number of fused-ring (bicyclic) bond motifs is 2. The van der Waals surface area contributed by atoms with Gasteiger partial charge in [-0.3, -0.25) is 4.79 Å². The number of carbonyl (C=O) groups is 1. The smallest absolute Gasteiger partial charge is 0.292 e. The van der Waals surface area contributed by atoms with E-state index < -0.39 is 5.79 Å². The highest BCUT2D eigenvalue weighted by Gasteiger charge is 2.57. The van der Waals surface area contributed by atoms with Gasteiger partial charge in [-0.1, -0.05) is 42.0 Å². The molecule has 0 unspecified atom stereocenters. The second kappa shape index (κ2) is 5.43. The summed E-state index contributed by atoms with van der Waals surface area (Å²) in [5.41, 5.74) is 6.19. The second-order valence-electron chi connectivity index (χ2n) is 6.61. The van der Waals surface area contributed by atoms with Crippen molar-refractivity contribution >= 4 is 11.6 Å². The number of nitrogens with zero attached hydrogens (tertiary/aromatic N) is 1. The Hall–Kier alpha value is -2.17. The first-order valence-corrected chi connectivity index (χ1v) is 8.29. The zero-order valence-electron chi connectivity index (χ0n) is 14.3. The number of hydrogen-bond donors (Lipinski definition) is 0. The molecule has 124 valence electrons. The van der Waals surface area contributed by atoms with Crippen LogP contribution in [0.25, 0.3) is 0 Å². The van der Waals surface area contributed by atoms with Gasteiger partial charge in [0.15, 0.2) is 0 Å². The molecular weight excluding hydrogens is 302 g/mol. The van der Waals surface area contributed by atoms with Gasteiger partial charge in [0, 0.05) is 5.56 Å². The molecule has 0 saturated carbocycles. The normalized spacial score (nSPS) is 18.5. The van der Waals surface area contributed by atoms with Crippen LogP contribution in [-0.2, 0) is 26.6 Å². The molecule has 0 bridgehead atoms. The van der Waals surface area contributed by atoms with Crippen molar-refractivity contribution in [3.8, 4) is 0 Å². The fourth-order valence-electron chi connectivity index (χ4n) is 3.65. The molecule has 1 fully saturated rings. The lowest BCUT2D eigenvalue weighted by Crippen LogP contribution is -2.41. The lowest BCUT2D eigenvalue weighted by molar-refractivity contribution is -0.181. The highest BCUT2D eigenvalue weighted by atomic mass is 16.7. The molecule has 4 heteroatoms. The van der Waals surface area contributed by atoms with Crippen LogP contribution in [0.3, 0.4) is 0 Å². The molecule has 24 heavy (non-hydrogen) atoms. The van der Waals surface area contributed by atoms with E-state index in [1.807, 2.05) is 24.8 Å². The Kier molecular flexibility index (Phi) is 3.48. The molecule has 2 heterocycles. The number of rotatable bonds is 2. The van der Waals surface area contributed by atoms with Crippen LogP contribution in [-0.4, -0.2) is 19.1 Å².